The fourth-order valence-corrected chi connectivity index (χ4v) is 2.29. The second-order valence-corrected chi connectivity index (χ2v) is 4.67. The van der Waals surface area contributed by atoms with Gasteiger partial charge in [0.25, 0.3) is 0 Å². The fraction of sp³-hybridized carbons (Fsp3) is 0.143. The molecule has 2 aromatic carbocycles. The number of aryl methyl sites for hydroxylation is 1. The van der Waals surface area contributed by atoms with Crippen LogP contribution in [0.5, 0.6) is 0 Å². The summed E-state index contributed by atoms with van der Waals surface area (Å²) in [6.45, 7) is 2.10. The number of nitrogen functional groups attached to an aromatic ring is 1. The molecule has 1 nitrogen and oxygen atoms in total. The molecule has 0 aromatic heterocycles. The van der Waals surface area contributed by atoms with Crippen LogP contribution in [0.25, 0.3) is 11.1 Å². The van der Waals surface area contributed by atoms with Gasteiger partial charge in [0.1, 0.15) is 0 Å². The Bertz CT molecular complexity index is 489. The van der Waals surface area contributed by atoms with E-state index in [2.05, 4.69) is 43.5 Å². The lowest BCUT2D eigenvalue weighted by Crippen LogP contribution is -1.88. The fourth-order valence-electron chi connectivity index (χ4n) is 1.68. The summed E-state index contributed by atoms with van der Waals surface area (Å²) in [6, 6.07) is 14.6. The molecule has 0 aliphatic rings. The number of hydrogen-bond donors (Lipinski definition) is 1. The van der Waals surface area contributed by atoms with Crippen molar-refractivity contribution in [2.75, 3.05) is 12.0 Å². The smallest absolute Gasteiger partial charge is 0.0321 e. The van der Waals surface area contributed by atoms with Crippen molar-refractivity contribution in [3.63, 3.8) is 0 Å². The first-order valence-electron chi connectivity index (χ1n) is 5.21. The van der Waals surface area contributed by atoms with E-state index in [1.807, 2.05) is 12.1 Å². The van der Waals surface area contributed by atoms with Gasteiger partial charge in [0.2, 0.25) is 0 Å². The molecule has 0 heterocycles. The van der Waals surface area contributed by atoms with E-state index in [9.17, 15) is 0 Å². The molecule has 0 bridgehead atoms. The van der Waals surface area contributed by atoms with Gasteiger partial charge in [-0.3, -0.25) is 0 Å². The van der Waals surface area contributed by atoms with E-state index < -0.39 is 0 Å². The molecule has 0 aliphatic carbocycles. The van der Waals surface area contributed by atoms with Crippen LogP contribution in [0, 0.1) is 6.92 Å². The lowest BCUT2D eigenvalue weighted by molar-refractivity contribution is 1.42. The van der Waals surface area contributed by atoms with E-state index in [0.29, 0.717) is 0 Å². The minimum atomic E-state index is 0.813. The van der Waals surface area contributed by atoms with Gasteiger partial charge in [-0.05, 0) is 42.5 Å². The standard InChI is InChI=1S/C14H15NS/c1-10-3-5-11(6-4-10)13-9-12(15)7-8-14(13)16-2/h3-9H,15H2,1-2H3. The predicted octanol–water partition coefficient (Wildman–Crippen LogP) is 3.97. The van der Waals surface area contributed by atoms with Crippen molar-refractivity contribution in [3.8, 4) is 11.1 Å². The molecule has 0 saturated heterocycles. The normalized spacial score (nSPS) is 10.4. The van der Waals surface area contributed by atoms with Crippen LogP contribution in [0.4, 0.5) is 5.69 Å². The predicted molar refractivity (Wildman–Crippen MR) is 72.8 cm³/mol. The summed E-state index contributed by atoms with van der Waals surface area (Å²) < 4.78 is 0. The third-order valence-electron chi connectivity index (χ3n) is 2.59. The first kappa shape index (κ1) is 11.1. The van der Waals surface area contributed by atoms with Crippen LogP contribution in [0.1, 0.15) is 5.56 Å². The average molecular weight is 229 g/mol. The van der Waals surface area contributed by atoms with Gasteiger partial charge in [-0.25, -0.2) is 0 Å². The van der Waals surface area contributed by atoms with Crippen LogP contribution in [-0.4, -0.2) is 6.26 Å². The molecule has 0 saturated carbocycles. The van der Waals surface area contributed by atoms with Crippen LogP contribution in [0.2, 0.25) is 0 Å². The molecule has 2 rings (SSSR count). The molecule has 2 aromatic rings. The van der Waals surface area contributed by atoms with E-state index in [0.717, 1.165) is 5.69 Å². The maximum atomic E-state index is 5.84. The van der Waals surface area contributed by atoms with Crippen molar-refractivity contribution in [1.29, 1.82) is 0 Å². The number of rotatable bonds is 2. The van der Waals surface area contributed by atoms with Crippen LogP contribution >= 0.6 is 11.8 Å². The van der Waals surface area contributed by atoms with Crippen molar-refractivity contribution >= 4 is 17.4 Å². The molecule has 0 unspecified atom stereocenters. The zero-order chi connectivity index (χ0) is 11.5. The van der Waals surface area contributed by atoms with Crippen molar-refractivity contribution in [2.24, 2.45) is 0 Å². The van der Waals surface area contributed by atoms with Crippen LogP contribution < -0.4 is 5.73 Å². The Morgan fingerprint density at radius 2 is 1.69 bits per heavy atom. The molecular weight excluding hydrogens is 214 g/mol. The quantitative estimate of drug-likeness (QED) is 0.623. The summed E-state index contributed by atoms with van der Waals surface area (Å²) >= 11 is 1.75. The molecule has 0 amide bonds. The number of hydrogen-bond acceptors (Lipinski definition) is 2. The van der Waals surface area contributed by atoms with Gasteiger partial charge in [-0.15, -0.1) is 11.8 Å². The monoisotopic (exact) mass is 229 g/mol. The second-order valence-electron chi connectivity index (χ2n) is 3.83. The summed E-state index contributed by atoms with van der Waals surface area (Å²) in [4.78, 5) is 1.26. The molecular formula is C14H15NS. The Morgan fingerprint density at radius 3 is 2.31 bits per heavy atom. The van der Waals surface area contributed by atoms with Gasteiger partial charge in [0.05, 0.1) is 0 Å². The van der Waals surface area contributed by atoms with Gasteiger partial charge in [0.15, 0.2) is 0 Å². The van der Waals surface area contributed by atoms with Gasteiger partial charge in [-0.1, -0.05) is 29.8 Å². The largest absolute Gasteiger partial charge is 0.399 e. The summed E-state index contributed by atoms with van der Waals surface area (Å²) in [6.07, 6.45) is 2.09. The van der Waals surface area contributed by atoms with Crippen molar-refractivity contribution in [1.82, 2.24) is 0 Å². The van der Waals surface area contributed by atoms with E-state index in [4.69, 9.17) is 5.73 Å². The SMILES string of the molecule is CSc1ccc(N)cc1-c1ccc(C)cc1. The number of benzene rings is 2. The number of anilines is 1. The highest BCUT2D eigenvalue weighted by Gasteiger charge is 2.04. The molecule has 0 atom stereocenters. The van der Waals surface area contributed by atoms with Crippen molar-refractivity contribution < 1.29 is 0 Å². The lowest BCUT2D eigenvalue weighted by Gasteiger charge is -2.09. The number of nitrogens with two attached hydrogens (primary N) is 1. The summed E-state index contributed by atoms with van der Waals surface area (Å²) in [5, 5.41) is 0. The van der Waals surface area contributed by atoms with Gasteiger partial charge in [0, 0.05) is 10.6 Å². The average Bonchev–Trinajstić information content (AvgIpc) is 2.30. The van der Waals surface area contributed by atoms with Crippen LogP contribution in [-0.2, 0) is 0 Å². The first-order valence-corrected chi connectivity index (χ1v) is 6.44. The minimum Gasteiger partial charge on any atom is -0.399 e. The summed E-state index contributed by atoms with van der Waals surface area (Å²) in [5.74, 6) is 0. The molecule has 0 radical (unpaired) electrons. The molecule has 2 heteroatoms. The first-order chi connectivity index (χ1) is 7.70. The van der Waals surface area contributed by atoms with Gasteiger partial charge in [-0.2, -0.15) is 0 Å². The molecule has 0 fully saturated rings. The Hall–Kier alpha value is -1.41. The van der Waals surface area contributed by atoms with Gasteiger partial charge < -0.3 is 5.73 Å². The Balaban J connectivity index is 2.53. The zero-order valence-electron chi connectivity index (χ0n) is 9.53. The third kappa shape index (κ3) is 2.22. The topological polar surface area (TPSA) is 26.0 Å². The maximum absolute atomic E-state index is 5.84. The van der Waals surface area contributed by atoms with E-state index >= 15 is 0 Å². The highest BCUT2D eigenvalue weighted by molar-refractivity contribution is 7.98. The summed E-state index contributed by atoms with van der Waals surface area (Å²) in [7, 11) is 0. The molecule has 16 heavy (non-hydrogen) atoms. The van der Waals surface area contributed by atoms with Crippen LogP contribution in [0.3, 0.4) is 0 Å². The molecule has 2 N–H and O–H groups in total. The van der Waals surface area contributed by atoms with Gasteiger partial charge >= 0.3 is 0 Å². The van der Waals surface area contributed by atoms with E-state index in [1.165, 1.54) is 21.6 Å². The minimum absolute atomic E-state index is 0.813. The van der Waals surface area contributed by atoms with Crippen molar-refractivity contribution in [2.45, 2.75) is 11.8 Å². The molecule has 82 valence electrons. The zero-order valence-corrected chi connectivity index (χ0v) is 10.3. The summed E-state index contributed by atoms with van der Waals surface area (Å²) in [5.41, 5.74) is 10.4. The highest BCUT2D eigenvalue weighted by Crippen LogP contribution is 2.31. The highest BCUT2D eigenvalue weighted by atomic mass is 32.2. The van der Waals surface area contributed by atoms with E-state index in [-0.39, 0.29) is 0 Å². The molecule has 0 aliphatic heterocycles. The Kier molecular flexibility index (Phi) is 3.20. The third-order valence-corrected chi connectivity index (χ3v) is 3.38. The molecule has 0 spiro atoms. The lowest BCUT2D eigenvalue weighted by atomic mass is 10.0. The second kappa shape index (κ2) is 4.62. The Labute approximate surface area is 101 Å². The maximum Gasteiger partial charge on any atom is 0.0321 e. The van der Waals surface area contributed by atoms with Crippen LogP contribution in [0.15, 0.2) is 47.4 Å². The van der Waals surface area contributed by atoms with E-state index in [1.54, 1.807) is 11.8 Å². The Morgan fingerprint density at radius 1 is 1.00 bits per heavy atom. The number of thioether (sulfide) groups is 1. The van der Waals surface area contributed by atoms with Crippen molar-refractivity contribution in [3.05, 3.63) is 48.0 Å².